The molecule has 0 aliphatic carbocycles. The molecule has 0 fully saturated rings. The van der Waals surface area contributed by atoms with Crippen LogP contribution in [0.3, 0.4) is 0 Å². The summed E-state index contributed by atoms with van der Waals surface area (Å²) in [5, 5.41) is 7.87. The number of ether oxygens (including phenoxy) is 2. The highest BCUT2D eigenvalue weighted by Gasteiger charge is 2.16. The number of aryl methyl sites for hydroxylation is 4. The molecule has 33 heavy (non-hydrogen) atoms. The zero-order valence-corrected chi connectivity index (χ0v) is 19.6. The molecule has 0 unspecified atom stereocenters. The summed E-state index contributed by atoms with van der Waals surface area (Å²) in [5.74, 6) is 1.64. The number of hydrogen-bond acceptors (Lipinski definition) is 5. The molecule has 170 valence electrons. The highest BCUT2D eigenvalue weighted by atomic mass is 16.5. The van der Waals surface area contributed by atoms with Crippen molar-refractivity contribution in [2.24, 2.45) is 7.05 Å². The van der Waals surface area contributed by atoms with E-state index in [-0.39, 0.29) is 5.69 Å². The van der Waals surface area contributed by atoms with E-state index < -0.39 is 0 Å². The fourth-order valence-electron chi connectivity index (χ4n) is 4.03. The van der Waals surface area contributed by atoms with Crippen LogP contribution in [0.5, 0.6) is 11.5 Å². The Morgan fingerprint density at radius 1 is 0.909 bits per heavy atom. The summed E-state index contributed by atoms with van der Waals surface area (Å²) in [7, 11) is 3.27. The summed E-state index contributed by atoms with van der Waals surface area (Å²) in [6, 6.07) is 18.0. The van der Waals surface area contributed by atoms with Gasteiger partial charge in [-0.2, -0.15) is 9.36 Å². The SMILES string of the molecule is CCc1cccc(-n2nnn(C)c2=O)c1COc1cc(C)c(-c2ccccc2OC)cc1C. The summed E-state index contributed by atoms with van der Waals surface area (Å²) < 4.78 is 14.4. The van der Waals surface area contributed by atoms with Crippen LogP contribution in [-0.2, 0) is 20.1 Å². The first-order valence-corrected chi connectivity index (χ1v) is 10.9. The van der Waals surface area contributed by atoms with Crippen molar-refractivity contribution in [3.8, 4) is 28.3 Å². The number of aromatic nitrogens is 4. The molecule has 4 rings (SSSR count). The van der Waals surface area contributed by atoms with E-state index in [0.717, 1.165) is 51.3 Å². The lowest BCUT2D eigenvalue weighted by Crippen LogP contribution is -2.23. The van der Waals surface area contributed by atoms with Gasteiger partial charge in [-0.05, 0) is 77.2 Å². The second kappa shape index (κ2) is 9.32. The van der Waals surface area contributed by atoms with Gasteiger partial charge < -0.3 is 9.47 Å². The van der Waals surface area contributed by atoms with Crippen LogP contribution in [0.15, 0.2) is 59.4 Å². The van der Waals surface area contributed by atoms with Crippen molar-refractivity contribution in [3.63, 3.8) is 0 Å². The van der Waals surface area contributed by atoms with Crippen molar-refractivity contribution in [2.75, 3.05) is 7.11 Å². The number of methoxy groups -OCH3 is 1. The van der Waals surface area contributed by atoms with Crippen LogP contribution in [0.4, 0.5) is 0 Å². The first kappa shape index (κ1) is 22.3. The molecular weight excluding hydrogens is 416 g/mol. The average Bonchev–Trinajstić information content (AvgIpc) is 3.17. The van der Waals surface area contributed by atoms with Crippen molar-refractivity contribution in [2.45, 2.75) is 33.8 Å². The average molecular weight is 445 g/mol. The van der Waals surface area contributed by atoms with Crippen LogP contribution in [0.2, 0.25) is 0 Å². The Bertz CT molecular complexity index is 1350. The summed E-state index contributed by atoms with van der Waals surface area (Å²) in [4.78, 5) is 12.5. The fourth-order valence-corrected chi connectivity index (χ4v) is 4.03. The fraction of sp³-hybridized carbons (Fsp3) is 0.269. The van der Waals surface area contributed by atoms with Gasteiger partial charge in [0.25, 0.3) is 0 Å². The number of para-hydroxylation sites is 1. The molecule has 7 heteroatoms. The molecule has 0 radical (unpaired) electrons. The third-order valence-electron chi connectivity index (χ3n) is 5.87. The van der Waals surface area contributed by atoms with Gasteiger partial charge in [0.05, 0.1) is 12.8 Å². The highest BCUT2D eigenvalue weighted by molar-refractivity contribution is 5.74. The molecule has 0 saturated heterocycles. The van der Waals surface area contributed by atoms with Crippen LogP contribution in [0.25, 0.3) is 16.8 Å². The second-order valence-corrected chi connectivity index (χ2v) is 7.99. The molecule has 1 aromatic heterocycles. The molecular formula is C26H28N4O3. The number of tetrazole rings is 1. The van der Waals surface area contributed by atoms with E-state index >= 15 is 0 Å². The molecule has 1 heterocycles. The van der Waals surface area contributed by atoms with E-state index in [4.69, 9.17) is 9.47 Å². The molecule has 3 aromatic carbocycles. The Balaban J connectivity index is 1.69. The minimum absolute atomic E-state index is 0.294. The normalized spacial score (nSPS) is 10.9. The van der Waals surface area contributed by atoms with Gasteiger partial charge >= 0.3 is 5.69 Å². The van der Waals surface area contributed by atoms with Gasteiger partial charge in [0.15, 0.2) is 0 Å². The maximum absolute atomic E-state index is 12.5. The predicted octanol–water partition coefficient (Wildman–Crippen LogP) is 4.40. The third kappa shape index (κ3) is 4.26. The Labute approximate surface area is 193 Å². The van der Waals surface area contributed by atoms with Crippen molar-refractivity contribution in [1.29, 1.82) is 0 Å². The monoisotopic (exact) mass is 444 g/mol. The Hall–Kier alpha value is -3.87. The lowest BCUT2D eigenvalue weighted by Gasteiger charge is -2.17. The van der Waals surface area contributed by atoms with Gasteiger partial charge in [-0.1, -0.05) is 37.3 Å². The summed E-state index contributed by atoms with van der Waals surface area (Å²) in [6.07, 6.45) is 0.812. The van der Waals surface area contributed by atoms with Crippen molar-refractivity contribution in [1.82, 2.24) is 19.8 Å². The first-order chi connectivity index (χ1) is 15.9. The zero-order chi connectivity index (χ0) is 23.5. The molecule has 4 aromatic rings. The van der Waals surface area contributed by atoms with Crippen LogP contribution in [0, 0.1) is 13.8 Å². The number of benzene rings is 3. The molecule has 7 nitrogen and oxygen atoms in total. The van der Waals surface area contributed by atoms with Crippen LogP contribution < -0.4 is 15.2 Å². The number of hydrogen-bond donors (Lipinski definition) is 0. The highest BCUT2D eigenvalue weighted by Crippen LogP contribution is 2.36. The van der Waals surface area contributed by atoms with E-state index in [1.165, 1.54) is 9.36 Å². The molecule has 0 aliphatic rings. The number of rotatable bonds is 7. The summed E-state index contributed by atoms with van der Waals surface area (Å²) in [6.45, 7) is 6.50. The topological polar surface area (TPSA) is 71.2 Å². The Morgan fingerprint density at radius 2 is 1.70 bits per heavy atom. The van der Waals surface area contributed by atoms with E-state index in [1.54, 1.807) is 14.2 Å². The van der Waals surface area contributed by atoms with Crippen molar-refractivity contribution in [3.05, 3.63) is 87.3 Å². The molecule has 0 spiro atoms. The van der Waals surface area contributed by atoms with Gasteiger partial charge in [0.1, 0.15) is 18.1 Å². The van der Waals surface area contributed by atoms with Crippen LogP contribution in [-0.4, -0.2) is 26.9 Å². The zero-order valence-electron chi connectivity index (χ0n) is 19.6. The van der Waals surface area contributed by atoms with Crippen molar-refractivity contribution >= 4 is 0 Å². The quantitative estimate of drug-likeness (QED) is 0.423. The molecule has 0 bridgehead atoms. The van der Waals surface area contributed by atoms with E-state index in [0.29, 0.717) is 12.3 Å². The van der Waals surface area contributed by atoms with Gasteiger partial charge in [-0.25, -0.2) is 4.79 Å². The Morgan fingerprint density at radius 3 is 2.39 bits per heavy atom. The smallest absolute Gasteiger partial charge is 0.368 e. The molecule has 0 saturated carbocycles. The third-order valence-corrected chi connectivity index (χ3v) is 5.87. The number of nitrogens with zero attached hydrogens (tertiary/aromatic N) is 4. The van der Waals surface area contributed by atoms with E-state index in [1.807, 2.05) is 43.3 Å². The van der Waals surface area contributed by atoms with Crippen LogP contribution in [0.1, 0.15) is 29.2 Å². The summed E-state index contributed by atoms with van der Waals surface area (Å²) in [5.41, 5.74) is 6.69. The Kier molecular flexibility index (Phi) is 6.31. The van der Waals surface area contributed by atoms with Gasteiger partial charge in [0, 0.05) is 18.2 Å². The molecule has 0 atom stereocenters. The van der Waals surface area contributed by atoms with E-state index in [2.05, 4.69) is 42.5 Å². The second-order valence-electron chi connectivity index (χ2n) is 7.99. The van der Waals surface area contributed by atoms with Gasteiger partial charge in [-0.3, -0.25) is 0 Å². The largest absolute Gasteiger partial charge is 0.496 e. The standard InChI is InChI=1S/C26H28N4O3/c1-6-19-10-9-12-23(30-26(31)29(4)27-28-30)22(19)16-33-25-15-17(2)21(14-18(25)3)20-11-7-8-13-24(20)32-5/h7-15H,6,16H2,1-5H3. The lowest BCUT2D eigenvalue weighted by atomic mass is 9.97. The van der Waals surface area contributed by atoms with E-state index in [9.17, 15) is 4.79 Å². The first-order valence-electron chi connectivity index (χ1n) is 10.9. The van der Waals surface area contributed by atoms with Gasteiger partial charge in [0.2, 0.25) is 0 Å². The molecule has 0 N–H and O–H groups in total. The lowest BCUT2D eigenvalue weighted by molar-refractivity contribution is 0.302. The minimum atomic E-state index is -0.294. The van der Waals surface area contributed by atoms with Crippen LogP contribution >= 0.6 is 0 Å². The van der Waals surface area contributed by atoms with Crippen molar-refractivity contribution < 1.29 is 9.47 Å². The maximum atomic E-state index is 12.5. The predicted molar refractivity (Wildman–Crippen MR) is 128 cm³/mol. The molecule has 0 aliphatic heterocycles. The van der Waals surface area contributed by atoms with Gasteiger partial charge in [-0.15, -0.1) is 0 Å². The summed E-state index contributed by atoms with van der Waals surface area (Å²) >= 11 is 0. The minimum Gasteiger partial charge on any atom is -0.496 e. The maximum Gasteiger partial charge on any atom is 0.368 e. The molecule has 0 amide bonds.